The van der Waals surface area contributed by atoms with Crippen molar-refractivity contribution < 1.29 is 14.0 Å². The highest BCUT2D eigenvalue weighted by molar-refractivity contribution is 7.98. The van der Waals surface area contributed by atoms with Crippen LogP contribution in [0.5, 0.6) is 0 Å². The molecule has 3 aromatic heterocycles. The molecular weight excluding hydrogens is 469 g/mol. The number of carbonyl (C=O) groups excluding carboxylic acids is 2. The van der Waals surface area contributed by atoms with E-state index in [0.29, 0.717) is 28.2 Å². The van der Waals surface area contributed by atoms with E-state index in [4.69, 9.17) is 0 Å². The first-order chi connectivity index (χ1) is 15.4. The van der Waals surface area contributed by atoms with Gasteiger partial charge in [-0.3, -0.25) is 19.5 Å². The molecule has 0 atom stereocenters. The van der Waals surface area contributed by atoms with Crippen molar-refractivity contribution in [3.8, 4) is 16.3 Å². The monoisotopic (exact) mass is 487 g/mol. The number of amides is 2. The highest BCUT2D eigenvalue weighted by Gasteiger charge is 2.19. The Labute approximate surface area is 195 Å². The molecule has 0 bridgehead atoms. The molecule has 0 spiro atoms. The summed E-state index contributed by atoms with van der Waals surface area (Å²) in [6.45, 7) is 1.95. The van der Waals surface area contributed by atoms with Crippen molar-refractivity contribution in [1.82, 2.24) is 19.9 Å². The summed E-state index contributed by atoms with van der Waals surface area (Å²) in [7, 11) is 0. The molecule has 0 unspecified atom stereocenters. The summed E-state index contributed by atoms with van der Waals surface area (Å²) in [4.78, 5) is 34.9. The summed E-state index contributed by atoms with van der Waals surface area (Å²) < 4.78 is 15.0. The van der Waals surface area contributed by atoms with Crippen LogP contribution in [0, 0.1) is 5.82 Å². The molecule has 0 saturated heterocycles. The molecule has 3 heterocycles. The van der Waals surface area contributed by atoms with Crippen molar-refractivity contribution in [1.29, 1.82) is 0 Å². The second-order valence-electron chi connectivity index (χ2n) is 6.61. The third-order valence-corrected chi connectivity index (χ3v) is 6.90. The van der Waals surface area contributed by atoms with Crippen molar-refractivity contribution in [2.45, 2.75) is 18.6 Å². The Bertz CT molecular complexity index is 1260. The lowest BCUT2D eigenvalue weighted by atomic mass is 10.3. The third-order valence-electron chi connectivity index (χ3n) is 4.38. The van der Waals surface area contributed by atoms with Gasteiger partial charge in [-0.15, -0.1) is 22.7 Å². The summed E-state index contributed by atoms with van der Waals surface area (Å²) in [5.74, 6) is -0.793. The number of nitrogens with zero attached hydrogens (tertiary/aromatic N) is 3. The number of benzene rings is 1. The van der Waals surface area contributed by atoms with Crippen molar-refractivity contribution in [3.05, 3.63) is 64.4 Å². The van der Waals surface area contributed by atoms with Gasteiger partial charge in [0.15, 0.2) is 10.3 Å². The summed E-state index contributed by atoms with van der Waals surface area (Å²) >= 11 is 4.24. The van der Waals surface area contributed by atoms with E-state index < -0.39 is 0 Å². The van der Waals surface area contributed by atoms with Crippen LogP contribution in [0.25, 0.3) is 16.3 Å². The minimum atomic E-state index is -0.361. The van der Waals surface area contributed by atoms with Crippen LogP contribution in [-0.2, 0) is 11.3 Å². The van der Waals surface area contributed by atoms with Crippen LogP contribution >= 0.6 is 34.4 Å². The maximum absolute atomic E-state index is 13.3. The van der Waals surface area contributed by atoms with Crippen LogP contribution in [-0.4, -0.2) is 32.6 Å². The van der Waals surface area contributed by atoms with Gasteiger partial charge in [0.2, 0.25) is 5.91 Å². The predicted octanol–water partition coefficient (Wildman–Crippen LogP) is 4.81. The largest absolute Gasteiger partial charge is 0.351 e. The molecule has 1 aromatic carbocycles. The van der Waals surface area contributed by atoms with Crippen LogP contribution in [0.4, 0.5) is 9.52 Å². The van der Waals surface area contributed by atoms with E-state index in [1.807, 2.05) is 23.8 Å². The van der Waals surface area contributed by atoms with Crippen molar-refractivity contribution in [2.75, 3.05) is 11.6 Å². The topological polar surface area (TPSA) is 88.9 Å². The number of thiazole rings is 1. The number of halogens is 1. The predicted molar refractivity (Wildman–Crippen MR) is 126 cm³/mol. The van der Waals surface area contributed by atoms with Gasteiger partial charge >= 0.3 is 0 Å². The molecule has 4 aromatic rings. The zero-order valence-electron chi connectivity index (χ0n) is 17.1. The Kier molecular flexibility index (Phi) is 6.68. The number of nitrogens with one attached hydrogen (secondary N) is 2. The Morgan fingerprint density at radius 2 is 1.97 bits per heavy atom. The minimum Gasteiger partial charge on any atom is -0.351 e. The first kappa shape index (κ1) is 22.2. The number of rotatable bonds is 7. The fourth-order valence-electron chi connectivity index (χ4n) is 2.91. The molecule has 11 heteroatoms. The number of thioether (sulfide) groups is 1. The zero-order chi connectivity index (χ0) is 22.7. The Balaban J connectivity index is 1.52. The van der Waals surface area contributed by atoms with Gasteiger partial charge in [-0.05, 0) is 42.7 Å². The first-order valence-corrected chi connectivity index (χ1v) is 12.3. The molecule has 0 aliphatic carbocycles. The third kappa shape index (κ3) is 4.90. The minimum absolute atomic E-state index is 0.0804. The normalized spacial score (nSPS) is 10.8. The molecule has 0 aliphatic rings. The molecule has 2 amide bonds. The van der Waals surface area contributed by atoms with Gasteiger partial charge < -0.3 is 5.32 Å². The lowest BCUT2D eigenvalue weighted by Crippen LogP contribution is -2.17. The second-order valence-corrected chi connectivity index (χ2v) is 9.41. The molecule has 32 heavy (non-hydrogen) atoms. The summed E-state index contributed by atoms with van der Waals surface area (Å²) in [6.07, 6.45) is 3.35. The van der Waals surface area contributed by atoms with E-state index in [9.17, 15) is 14.0 Å². The molecule has 4 rings (SSSR count). The van der Waals surface area contributed by atoms with Gasteiger partial charge in [0.1, 0.15) is 11.5 Å². The maximum atomic E-state index is 13.3. The Hall–Kier alpha value is -3.02. The number of aromatic nitrogens is 3. The molecule has 7 nitrogen and oxygen atoms in total. The van der Waals surface area contributed by atoms with Crippen LogP contribution < -0.4 is 10.6 Å². The number of hydrogen-bond acceptors (Lipinski definition) is 7. The van der Waals surface area contributed by atoms with Gasteiger partial charge in [-0.25, -0.2) is 14.4 Å². The van der Waals surface area contributed by atoms with Gasteiger partial charge in [0.05, 0.1) is 23.3 Å². The van der Waals surface area contributed by atoms with Crippen LogP contribution in [0.2, 0.25) is 0 Å². The van der Waals surface area contributed by atoms with Crippen LogP contribution in [0.3, 0.4) is 0 Å². The van der Waals surface area contributed by atoms with Gasteiger partial charge in [-0.1, -0.05) is 11.8 Å². The van der Waals surface area contributed by atoms with Crippen LogP contribution in [0.15, 0.2) is 53.1 Å². The fourth-order valence-corrected chi connectivity index (χ4v) is 5.14. The average molecular weight is 488 g/mol. The smallest absolute Gasteiger partial charge is 0.276 e. The van der Waals surface area contributed by atoms with E-state index in [1.54, 1.807) is 16.7 Å². The van der Waals surface area contributed by atoms with E-state index in [0.717, 1.165) is 15.4 Å². The SMILES string of the molecule is CSc1ncc(C(=O)Nc2nc(-c3ccc(CNC(C)=O)s3)cs2)n1-c1ccc(F)cc1. The summed E-state index contributed by atoms with van der Waals surface area (Å²) in [6, 6.07) is 9.77. The molecule has 0 saturated carbocycles. The zero-order valence-corrected chi connectivity index (χ0v) is 19.5. The van der Waals surface area contributed by atoms with E-state index in [2.05, 4.69) is 20.6 Å². The summed E-state index contributed by atoms with van der Waals surface area (Å²) in [5, 5.41) is 8.54. The average Bonchev–Trinajstić information content (AvgIpc) is 3.51. The quantitative estimate of drug-likeness (QED) is 0.365. The molecule has 0 radical (unpaired) electrons. The maximum Gasteiger partial charge on any atom is 0.276 e. The fraction of sp³-hybridized carbons (Fsp3) is 0.143. The molecule has 0 fully saturated rings. The Morgan fingerprint density at radius 1 is 1.19 bits per heavy atom. The van der Waals surface area contributed by atoms with Crippen molar-refractivity contribution in [2.24, 2.45) is 0 Å². The van der Waals surface area contributed by atoms with Gasteiger partial charge in [0, 0.05) is 22.9 Å². The molecule has 2 N–H and O–H groups in total. The van der Waals surface area contributed by atoms with Gasteiger partial charge in [-0.2, -0.15) is 0 Å². The Morgan fingerprint density at radius 3 is 2.69 bits per heavy atom. The van der Waals surface area contributed by atoms with Crippen LogP contribution in [0.1, 0.15) is 22.3 Å². The lowest BCUT2D eigenvalue weighted by Gasteiger charge is -2.10. The highest BCUT2D eigenvalue weighted by atomic mass is 32.2. The first-order valence-electron chi connectivity index (χ1n) is 9.42. The van der Waals surface area contributed by atoms with Gasteiger partial charge in [0.25, 0.3) is 5.91 Å². The van der Waals surface area contributed by atoms with Crippen molar-refractivity contribution in [3.63, 3.8) is 0 Å². The second kappa shape index (κ2) is 9.63. The lowest BCUT2D eigenvalue weighted by molar-refractivity contribution is -0.119. The number of anilines is 1. The molecule has 164 valence electrons. The number of imidazole rings is 1. The standard InChI is InChI=1S/C21H18FN5O2S3/c1-12(28)23-9-15-7-8-18(32-15)16-11-31-20(25-16)26-19(29)17-10-24-21(30-2)27(17)14-5-3-13(22)4-6-14/h3-8,10-11H,9H2,1-2H3,(H,23,28)(H,25,26,29). The molecular formula is C21H18FN5O2S3. The number of carbonyl (C=O) groups is 2. The van der Waals surface area contributed by atoms with E-state index in [-0.39, 0.29) is 17.6 Å². The van der Waals surface area contributed by atoms with Crippen molar-refractivity contribution >= 4 is 51.4 Å². The number of thiophene rings is 1. The summed E-state index contributed by atoms with van der Waals surface area (Å²) in [5.41, 5.74) is 1.72. The highest BCUT2D eigenvalue weighted by Crippen LogP contribution is 2.31. The molecule has 0 aliphatic heterocycles. The van der Waals surface area contributed by atoms with E-state index in [1.165, 1.54) is 59.7 Å². The van der Waals surface area contributed by atoms with E-state index >= 15 is 0 Å². The number of hydrogen-bond donors (Lipinski definition) is 2.